The molecule has 0 atom stereocenters. The van der Waals surface area contributed by atoms with Gasteiger partial charge in [-0.1, -0.05) is 18.2 Å². The minimum absolute atomic E-state index is 0.0242. The summed E-state index contributed by atoms with van der Waals surface area (Å²) < 4.78 is 5.18. The van der Waals surface area contributed by atoms with Gasteiger partial charge in [0.15, 0.2) is 0 Å². The van der Waals surface area contributed by atoms with Gasteiger partial charge in [0.25, 0.3) is 0 Å². The van der Waals surface area contributed by atoms with Crippen molar-refractivity contribution in [3.8, 4) is 0 Å². The molecule has 1 aromatic rings. The maximum atomic E-state index is 11.7. The number of aryl methyl sites for hydroxylation is 2. The number of para-hydroxylation sites is 1. The third-order valence-corrected chi connectivity index (χ3v) is 2.66. The Kier molecular flexibility index (Phi) is 6.39. The quantitative estimate of drug-likeness (QED) is 0.726. The number of rotatable bonds is 7. The molecule has 1 amide bonds. The van der Waals surface area contributed by atoms with Gasteiger partial charge >= 0.3 is 0 Å². The second-order valence-electron chi connectivity index (χ2n) is 4.19. The van der Waals surface area contributed by atoms with Crippen LogP contribution in [0.2, 0.25) is 0 Å². The fourth-order valence-corrected chi connectivity index (χ4v) is 1.69. The van der Waals surface area contributed by atoms with Gasteiger partial charge in [-0.3, -0.25) is 4.79 Å². The minimum Gasteiger partial charge on any atom is -0.380 e. The molecule has 100 valence electrons. The van der Waals surface area contributed by atoms with Gasteiger partial charge < -0.3 is 15.4 Å². The van der Waals surface area contributed by atoms with Crippen molar-refractivity contribution in [2.24, 2.45) is 0 Å². The molecule has 0 radical (unpaired) electrons. The number of carbonyl (C=O) groups excluding carboxylic acids is 1. The van der Waals surface area contributed by atoms with Crippen LogP contribution < -0.4 is 10.6 Å². The van der Waals surface area contributed by atoms with Crippen LogP contribution in [0, 0.1) is 13.8 Å². The van der Waals surface area contributed by atoms with Crippen LogP contribution in [0.4, 0.5) is 5.69 Å². The lowest BCUT2D eigenvalue weighted by molar-refractivity contribution is -0.115. The molecule has 1 rings (SSSR count). The molecule has 18 heavy (non-hydrogen) atoms. The zero-order chi connectivity index (χ0) is 13.4. The molecule has 0 heterocycles. The third-order valence-electron chi connectivity index (χ3n) is 2.66. The molecule has 0 saturated carbocycles. The van der Waals surface area contributed by atoms with E-state index in [0.29, 0.717) is 26.3 Å². The lowest BCUT2D eigenvalue weighted by atomic mass is 10.1. The van der Waals surface area contributed by atoms with Crippen molar-refractivity contribution in [1.29, 1.82) is 0 Å². The fraction of sp³-hybridized carbons (Fsp3) is 0.500. The van der Waals surface area contributed by atoms with E-state index < -0.39 is 0 Å². The van der Waals surface area contributed by atoms with E-state index in [4.69, 9.17) is 4.74 Å². The molecule has 0 aliphatic rings. The van der Waals surface area contributed by atoms with Gasteiger partial charge in [0.05, 0.1) is 13.2 Å². The Morgan fingerprint density at radius 1 is 1.28 bits per heavy atom. The summed E-state index contributed by atoms with van der Waals surface area (Å²) in [7, 11) is 0. The smallest absolute Gasteiger partial charge is 0.238 e. The lowest BCUT2D eigenvalue weighted by Crippen LogP contribution is -2.30. The Balaban J connectivity index is 2.36. The lowest BCUT2D eigenvalue weighted by Gasteiger charge is -2.11. The van der Waals surface area contributed by atoms with E-state index >= 15 is 0 Å². The molecule has 0 unspecified atom stereocenters. The van der Waals surface area contributed by atoms with Crippen LogP contribution in [0.1, 0.15) is 18.1 Å². The van der Waals surface area contributed by atoms with Crippen LogP contribution in [0.15, 0.2) is 18.2 Å². The molecule has 0 aliphatic carbocycles. The first-order chi connectivity index (χ1) is 8.65. The van der Waals surface area contributed by atoms with E-state index in [-0.39, 0.29) is 5.91 Å². The highest BCUT2D eigenvalue weighted by molar-refractivity contribution is 5.93. The number of hydrogen-bond donors (Lipinski definition) is 2. The molecule has 4 heteroatoms. The molecule has 0 fully saturated rings. The highest BCUT2D eigenvalue weighted by Crippen LogP contribution is 2.18. The minimum atomic E-state index is -0.0242. The molecule has 4 nitrogen and oxygen atoms in total. The van der Waals surface area contributed by atoms with Crippen LogP contribution in [0.3, 0.4) is 0 Å². The van der Waals surface area contributed by atoms with Gasteiger partial charge in [0, 0.05) is 18.8 Å². The van der Waals surface area contributed by atoms with Gasteiger partial charge in [-0.25, -0.2) is 0 Å². The Hall–Kier alpha value is -1.39. The second kappa shape index (κ2) is 7.84. The summed E-state index contributed by atoms with van der Waals surface area (Å²) in [6.45, 7) is 8.27. The van der Waals surface area contributed by atoms with E-state index in [2.05, 4.69) is 10.6 Å². The molecule has 1 aromatic carbocycles. The first-order valence-corrected chi connectivity index (χ1v) is 6.29. The predicted octanol–water partition coefficient (Wildman–Crippen LogP) is 1.87. The van der Waals surface area contributed by atoms with Gasteiger partial charge in [-0.05, 0) is 31.9 Å². The standard InChI is InChI=1S/C14H22N2O2/c1-4-18-9-8-15-10-13(17)16-14-11(2)6-5-7-12(14)3/h5-7,15H,4,8-10H2,1-3H3,(H,16,17). The van der Waals surface area contributed by atoms with Gasteiger partial charge in [0.1, 0.15) is 0 Å². The highest BCUT2D eigenvalue weighted by atomic mass is 16.5. The van der Waals surface area contributed by atoms with Crippen LogP contribution in [0.5, 0.6) is 0 Å². The number of benzene rings is 1. The van der Waals surface area contributed by atoms with E-state index in [0.717, 1.165) is 16.8 Å². The average Bonchev–Trinajstić information content (AvgIpc) is 2.34. The van der Waals surface area contributed by atoms with Crippen LogP contribution in [-0.4, -0.2) is 32.2 Å². The van der Waals surface area contributed by atoms with Crippen molar-refractivity contribution in [2.75, 3.05) is 31.6 Å². The predicted molar refractivity (Wildman–Crippen MR) is 73.9 cm³/mol. The highest BCUT2D eigenvalue weighted by Gasteiger charge is 2.06. The van der Waals surface area contributed by atoms with Gasteiger partial charge in [-0.15, -0.1) is 0 Å². The van der Waals surface area contributed by atoms with Crippen LogP contribution >= 0.6 is 0 Å². The van der Waals surface area contributed by atoms with E-state index in [1.54, 1.807) is 0 Å². The molecule has 0 saturated heterocycles. The van der Waals surface area contributed by atoms with Crippen LogP contribution in [-0.2, 0) is 9.53 Å². The summed E-state index contributed by atoms with van der Waals surface area (Å²) in [4.78, 5) is 11.7. The van der Waals surface area contributed by atoms with Crippen molar-refractivity contribution >= 4 is 11.6 Å². The number of hydrogen-bond acceptors (Lipinski definition) is 3. The number of ether oxygens (including phenoxy) is 1. The summed E-state index contributed by atoms with van der Waals surface area (Å²) in [5.74, 6) is -0.0242. The number of nitrogens with one attached hydrogen (secondary N) is 2. The zero-order valence-electron chi connectivity index (χ0n) is 11.4. The van der Waals surface area contributed by atoms with E-state index in [9.17, 15) is 4.79 Å². The first kappa shape index (κ1) is 14.7. The topological polar surface area (TPSA) is 50.4 Å². The monoisotopic (exact) mass is 250 g/mol. The van der Waals surface area contributed by atoms with E-state index in [1.807, 2.05) is 39.0 Å². The van der Waals surface area contributed by atoms with Gasteiger partial charge in [0.2, 0.25) is 5.91 Å². The zero-order valence-corrected chi connectivity index (χ0v) is 11.4. The van der Waals surface area contributed by atoms with Crippen molar-refractivity contribution in [3.05, 3.63) is 29.3 Å². The molecule has 2 N–H and O–H groups in total. The van der Waals surface area contributed by atoms with Crippen molar-refractivity contribution in [2.45, 2.75) is 20.8 Å². The number of amides is 1. The normalized spacial score (nSPS) is 10.4. The maximum absolute atomic E-state index is 11.7. The molecular weight excluding hydrogens is 228 g/mol. The van der Waals surface area contributed by atoms with Gasteiger partial charge in [-0.2, -0.15) is 0 Å². The first-order valence-electron chi connectivity index (χ1n) is 6.29. The molecule has 0 aliphatic heterocycles. The summed E-state index contributed by atoms with van der Waals surface area (Å²) in [5.41, 5.74) is 3.07. The molecule has 0 spiro atoms. The van der Waals surface area contributed by atoms with Crippen molar-refractivity contribution in [3.63, 3.8) is 0 Å². The summed E-state index contributed by atoms with van der Waals surface area (Å²) in [6, 6.07) is 5.97. The Labute approximate surface area is 109 Å². The van der Waals surface area contributed by atoms with Crippen LogP contribution in [0.25, 0.3) is 0 Å². The molecular formula is C14H22N2O2. The molecule has 0 bridgehead atoms. The third kappa shape index (κ3) is 4.85. The van der Waals surface area contributed by atoms with E-state index in [1.165, 1.54) is 0 Å². The Morgan fingerprint density at radius 2 is 1.94 bits per heavy atom. The summed E-state index contributed by atoms with van der Waals surface area (Å²) >= 11 is 0. The fourth-order valence-electron chi connectivity index (χ4n) is 1.69. The number of anilines is 1. The average molecular weight is 250 g/mol. The van der Waals surface area contributed by atoms with Crippen molar-refractivity contribution < 1.29 is 9.53 Å². The largest absolute Gasteiger partial charge is 0.380 e. The Bertz CT molecular complexity index is 371. The summed E-state index contributed by atoms with van der Waals surface area (Å²) in [6.07, 6.45) is 0. The van der Waals surface area contributed by atoms with Crippen molar-refractivity contribution in [1.82, 2.24) is 5.32 Å². The molecule has 0 aromatic heterocycles. The SMILES string of the molecule is CCOCCNCC(=O)Nc1c(C)cccc1C. The Morgan fingerprint density at radius 3 is 2.56 bits per heavy atom. The number of carbonyl (C=O) groups is 1. The summed E-state index contributed by atoms with van der Waals surface area (Å²) in [5, 5.41) is 5.97. The maximum Gasteiger partial charge on any atom is 0.238 e. The second-order valence-corrected chi connectivity index (χ2v) is 4.19.